The summed E-state index contributed by atoms with van der Waals surface area (Å²) < 4.78 is 5.74. The second-order valence-corrected chi connectivity index (χ2v) is 8.45. The van der Waals surface area contributed by atoms with Crippen LogP contribution in [0, 0.1) is 0 Å². The van der Waals surface area contributed by atoms with E-state index in [1.807, 2.05) is 0 Å². The Morgan fingerprint density at radius 2 is 1.93 bits per heavy atom. The lowest BCUT2D eigenvalue weighted by molar-refractivity contribution is -0.118. The highest BCUT2D eigenvalue weighted by atomic mass is 32.2. The standard InChI is InChI=1S/C21H29N3O2S/c1-15(2)17-10-8-16(9-11-17)12-13-22-19(25)14-27-21-24-23-20(26-21)18-6-4-3-5-7-18/h8-11,15,18H,3-7,12-14H2,1-2H3,(H,22,25). The monoisotopic (exact) mass is 387 g/mol. The molecule has 1 heterocycles. The molecule has 1 fully saturated rings. The topological polar surface area (TPSA) is 68.0 Å². The van der Waals surface area contributed by atoms with Crippen LogP contribution in [0.1, 0.15) is 74.8 Å². The average Bonchev–Trinajstić information content (AvgIpc) is 3.16. The fourth-order valence-electron chi connectivity index (χ4n) is 3.39. The molecule has 3 rings (SSSR count). The van der Waals surface area contributed by atoms with Crippen LogP contribution in [0.15, 0.2) is 33.9 Å². The molecule has 1 amide bonds. The minimum atomic E-state index is -0.00350. The molecule has 1 aromatic carbocycles. The van der Waals surface area contributed by atoms with Gasteiger partial charge in [-0.1, -0.05) is 69.1 Å². The maximum atomic E-state index is 12.0. The molecule has 27 heavy (non-hydrogen) atoms. The van der Waals surface area contributed by atoms with Crippen molar-refractivity contribution in [2.75, 3.05) is 12.3 Å². The SMILES string of the molecule is CC(C)c1ccc(CCNC(=O)CSc2nnc(C3CCCCC3)o2)cc1. The van der Waals surface area contributed by atoms with Gasteiger partial charge in [-0.15, -0.1) is 10.2 Å². The minimum Gasteiger partial charge on any atom is -0.416 e. The van der Waals surface area contributed by atoms with Gasteiger partial charge >= 0.3 is 0 Å². The first kappa shape index (κ1) is 19.9. The average molecular weight is 388 g/mol. The van der Waals surface area contributed by atoms with E-state index in [1.165, 1.54) is 42.2 Å². The summed E-state index contributed by atoms with van der Waals surface area (Å²) in [5.41, 5.74) is 2.58. The number of nitrogens with one attached hydrogen (secondary N) is 1. The Bertz CT molecular complexity index is 721. The number of carbonyl (C=O) groups is 1. The first-order chi connectivity index (χ1) is 13.1. The van der Waals surface area contributed by atoms with Crippen LogP contribution in [0.3, 0.4) is 0 Å². The summed E-state index contributed by atoms with van der Waals surface area (Å²) in [5.74, 6) is 1.98. The zero-order chi connectivity index (χ0) is 19.1. The van der Waals surface area contributed by atoms with Gasteiger partial charge in [0.15, 0.2) is 0 Å². The third kappa shape index (κ3) is 6.09. The molecule has 0 radical (unpaired) electrons. The Morgan fingerprint density at radius 3 is 2.63 bits per heavy atom. The van der Waals surface area contributed by atoms with Crippen molar-refractivity contribution in [2.45, 2.75) is 69.4 Å². The van der Waals surface area contributed by atoms with Gasteiger partial charge in [0, 0.05) is 12.5 Å². The maximum absolute atomic E-state index is 12.0. The van der Waals surface area contributed by atoms with Crippen LogP contribution >= 0.6 is 11.8 Å². The Balaban J connectivity index is 1.36. The van der Waals surface area contributed by atoms with Crippen molar-refractivity contribution in [1.82, 2.24) is 15.5 Å². The number of aromatic nitrogens is 2. The molecule has 1 N–H and O–H groups in total. The molecule has 0 bridgehead atoms. The molecule has 6 heteroatoms. The molecule has 1 aliphatic carbocycles. The molecule has 1 saturated carbocycles. The lowest BCUT2D eigenvalue weighted by atomic mass is 9.89. The van der Waals surface area contributed by atoms with Gasteiger partial charge in [-0.05, 0) is 36.3 Å². The Labute approximate surface area is 165 Å². The summed E-state index contributed by atoms with van der Waals surface area (Å²) in [5, 5.41) is 11.7. The predicted octanol–water partition coefficient (Wildman–Crippen LogP) is 4.69. The highest BCUT2D eigenvalue weighted by molar-refractivity contribution is 7.99. The van der Waals surface area contributed by atoms with Crippen LogP contribution in [-0.2, 0) is 11.2 Å². The largest absolute Gasteiger partial charge is 0.416 e. The first-order valence-corrected chi connectivity index (χ1v) is 10.9. The van der Waals surface area contributed by atoms with E-state index in [9.17, 15) is 4.79 Å². The Kier molecular flexibility index (Phi) is 7.33. The summed E-state index contributed by atoms with van der Waals surface area (Å²) in [6.45, 7) is 5.01. The van der Waals surface area contributed by atoms with Crippen LogP contribution < -0.4 is 5.32 Å². The summed E-state index contributed by atoms with van der Waals surface area (Å²) in [6, 6.07) is 8.61. The van der Waals surface area contributed by atoms with E-state index in [-0.39, 0.29) is 5.91 Å². The van der Waals surface area contributed by atoms with E-state index in [4.69, 9.17) is 4.42 Å². The molecule has 5 nitrogen and oxygen atoms in total. The van der Waals surface area contributed by atoms with E-state index in [0.717, 1.165) is 25.2 Å². The van der Waals surface area contributed by atoms with Gasteiger partial charge in [-0.3, -0.25) is 4.79 Å². The fourth-order valence-corrected chi connectivity index (χ4v) is 3.99. The van der Waals surface area contributed by atoms with Gasteiger partial charge in [-0.2, -0.15) is 0 Å². The second kappa shape index (κ2) is 9.93. The number of rotatable bonds is 8. The third-order valence-corrected chi connectivity index (χ3v) is 5.90. The molecule has 146 valence electrons. The normalized spacial score (nSPS) is 15.2. The number of hydrogen-bond donors (Lipinski definition) is 1. The summed E-state index contributed by atoms with van der Waals surface area (Å²) in [6.07, 6.45) is 6.86. The van der Waals surface area contributed by atoms with Crippen molar-refractivity contribution in [3.05, 3.63) is 41.3 Å². The van der Waals surface area contributed by atoms with E-state index in [1.54, 1.807) is 0 Å². The molecule has 0 atom stereocenters. The second-order valence-electron chi connectivity index (χ2n) is 7.53. The summed E-state index contributed by atoms with van der Waals surface area (Å²) in [7, 11) is 0. The van der Waals surface area contributed by atoms with Crippen molar-refractivity contribution in [1.29, 1.82) is 0 Å². The number of amides is 1. The smallest absolute Gasteiger partial charge is 0.277 e. The zero-order valence-corrected chi connectivity index (χ0v) is 17.1. The molecule has 1 aromatic heterocycles. The van der Waals surface area contributed by atoms with Crippen molar-refractivity contribution >= 4 is 17.7 Å². The molecule has 0 unspecified atom stereocenters. The number of thioether (sulfide) groups is 1. The van der Waals surface area contributed by atoms with Gasteiger partial charge in [-0.25, -0.2) is 0 Å². The number of carbonyl (C=O) groups excluding carboxylic acids is 1. The molecule has 0 saturated heterocycles. The van der Waals surface area contributed by atoms with E-state index in [2.05, 4.69) is 53.6 Å². The van der Waals surface area contributed by atoms with Crippen LogP contribution in [0.25, 0.3) is 0 Å². The molecule has 1 aliphatic rings. The molecule has 0 aliphatic heterocycles. The fraction of sp³-hybridized carbons (Fsp3) is 0.571. The number of nitrogens with zero attached hydrogens (tertiary/aromatic N) is 2. The van der Waals surface area contributed by atoms with Crippen LogP contribution in [0.5, 0.6) is 0 Å². The molecule has 0 spiro atoms. The van der Waals surface area contributed by atoms with Gasteiger partial charge < -0.3 is 9.73 Å². The van der Waals surface area contributed by atoms with E-state index >= 15 is 0 Å². The van der Waals surface area contributed by atoms with Crippen LogP contribution in [0.4, 0.5) is 0 Å². The quantitative estimate of drug-likeness (QED) is 0.666. The number of hydrogen-bond acceptors (Lipinski definition) is 5. The van der Waals surface area contributed by atoms with Gasteiger partial charge in [0.25, 0.3) is 5.22 Å². The van der Waals surface area contributed by atoms with Crippen molar-refractivity contribution in [3.8, 4) is 0 Å². The van der Waals surface area contributed by atoms with Crippen molar-refractivity contribution < 1.29 is 9.21 Å². The highest BCUT2D eigenvalue weighted by Gasteiger charge is 2.21. The summed E-state index contributed by atoms with van der Waals surface area (Å²) in [4.78, 5) is 12.0. The third-order valence-electron chi connectivity index (χ3n) is 5.09. The molecule has 2 aromatic rings. The van der Waals surface area contributed by atoms with E-state index < -0.39 is 0 Å². The van der Waals surface area contributed by atoms with Crippen molar-refractivity contribution in [3.63, 3.8) is 0 Å². The van der Waals surface area contributed by atoms with Gasteiger partial charge in [0.2, 0.25) is 11.8 Å². The number of benzene rings is 1. The Morgan fingerprint density at radius 1 is 1.19 bits per heavy atom. The lowest BCUT2D eigenvalue weighted by Gasteiger charge is -2.17. The van der Waals surface area contributed by atoms with Crippen LogP contribution in [0.2, 0.25) is 0 Å². The lowest BCUT2D eigenvalue weighted by Crippen LogP contribution is -2.27. The molecular weight excluding hydrogens is 358 g/mol. The van der Waals surface area contributed by atoms with E-state index in [0.29, 0.717) is 29.4 Å². The molecular formula is C21H29N3O2S. The Hall–Kier alpha value is -1.82. The maximum Gasteiger partial charge on any atom is 0.277 e. The minimum absolute atomic E-state index is 0.00350. The first-order valence-electron chi connectivity index (χ1n) is 9.93. The van der Waals surface area contributed by atoms with Gasteiger partial charge in [0.1, 0.15) is 0 Å². The zero-order valence-electron chi connectivity index (χ0n) is 16.2. The van der Waals surface area contributed by atoms with Crippen molar-refractivity contribution in [2.24, 2.45) is 0 Å². The van der Waals surface area contributed by atoms with Crippen LogP contribution in [-0.4, -0.2) is 28.4 Å². The highest BCUT2D eigenvalue weighted by Crippen LogP contribution is 2.32. The summed E-state index contributed by atoms with van der Waals surface area (Å²) >= 11 is 1.31. The van der Waals surface area contributed by atoms with Gasteiger partial charge in [0.05, 0.1) is 5.75 Å². The predicted molar refractivity (Wildman–Crippen MR) is 108 cm³/mol.